The molecule has 2 aromatic carbocycles. The molecule has 0 bridgehead atoms. The second-order valence-electron chi connectivity index (χ2n) is 11.8. The number of primary amides is 1. The lowest BCUT2D eigenvalue weighted by molar-refractivity contribution is -0.158. The summed E-state index contributed by atoms with van der Waals surface area (Å²) in [5.41, 5.74) is 10.2. The average Bonchev–Trinajstić information content (AvgIpc) is 2.87. The molecule has 1 amide bonds. The molecule has 0 radical (unpaired) electrons. The standard InChI is InChI=1S/C29H31F2N5O7/c1-35(2)16-8-12(11-5-6-14(30)15(31)7-11)20(37)17-13(16)9-27(33)10-28(34)23(36(3)4)22(39)18(26(32)42)24(40)29(28,43)25(41)19(27)21(17)38/h5-8,23,37-38,40,43H,9-10,33-34H2,1-4H3,(H2,32,42)/t23-,27-,28-,29-/m0/s1. The third-order valence-electron chi connectivity index (χ3n) is 8.72. The van der Waals surface area contributed by atoms with Gasteiger partial charge in [0.1, 0.15) is 17.1 Å². The number of carbonyl (C=O) groups excluding carboxylic acids is 3. The molecule has 5 rings (SSSR count). The summed E-state index contributed by atoms with van der Waals surface area (Å²) in [6, 6.07) is 2.83. The van der Waals surface area contributed by atoms with Gasteiger partial charge in [-0.1, -0.05) is 6.07 Å². The van der Waals surface area contributed by atoms with Crippen molar-refractivity contribution in [2.24, 2.45) is 17.2 Å². The van der Waals surface area contributed by atoms with Crippen LogP contribution in [0, 0.1) is 11.6 Å². The van der Waals surface area contributed by atoms with E-state index < -0.39 is 86.7 Å². The van der Waals surface area contributed by atoms with Gasteiger partial charge >= 0.3 is 0 Å². The summed E-state index contributed by atoms with van der Waals surface area (Å²) >= 11 is 0. The fraction of sp³-hybridized carbons (Fsp3) is 0.345. The first-order valence-electron chi connectivity index (χ1n) is 13.1. The molecule has 14 heteroatoms. The van der Waals surface area contributed by atoms with Crippen LogP contribution in [0.3, 0.4) is 0 Å². The number of likely N-dealkylation sites (N-methyl/N-ethyl adjacent to an activating group) is 1. The van der Waals surface area contributed by atoms with Crippen LogP contribution in [-0.4, -0.2) is 93.7 Å². The van der Waals surface area contributed by atoms with Gasteiger partial charge in [0.15, 0.2) is 23.2 Å². The van der Waals surface area contributed by atoms with Gasteiger partial charge in [0, 0.05) is 25.3 Å². The average molecular weight is 600 g/mol. The number of phenolic OH excluding ortho intramolecular Hbond substituents is 1. The topological polar surface area (TPSA) is 217 Å². The Hall–Kier alpha value is -4.37. The molecule has 4 atom stereocenters. The summed E-state index contributed by atoms with van der Waals surface area (Å²) in [5, 5.41) is 46.1. The predicted octanol–water partition coefficient (Wildman–Crippen LogP) is 0.138. The highest BCUT2D eigenvalue weighted by Crippen LogP contribution is 2.56. The smallest absolute Gasteiger partial charge is 0.255 e. The number of aliphatic hydroxyl groups excluding tert-OH is 2. The van der Waals surface area contributed by atoms with Crippen LogP contribution in [0.15, 0.2) is 41.2 Å². The van der Waals surface area contributed by atoms with E-state index >= 15 is 0 Å². The SMILES string of the molecule is CN(C)c1cc(-c2ccc(F)c(F)c2)c(O)c2c1C[C@]1(N)C[C@]3(N)[C@@H](N(C)C)C(=O)C(C(N)=O)=C(O)[C@]3(O)C(=O)C1=C2O. The number of benzene rings is 2. The number of aliphatic hydroxyl groups is 3. The summed E-state index contributed by atoms with van der Waals surface area (Å²) in [5.74, 6) is -9.03. The molecule has 12 nitrogen and oxygen atoms in total. The van der Waals surface area contributed by atoms with Gasteiger partial charge in [0.2, 0.25) is 11.4 Å². The number of halogens is 2. The molecule has 1 fully saturated rings. The lowest BCUT2D eigenvalue weighted by atomic mass is 9.51. The van der Waals surface area contributed by atoms with Crippen LogP contribution in [0.1, 0.15) is 17.5 Å². The van der Waals surface area contributed by atoms with E-state index in [1.165, 1.54) is 31.1 Å². The zero-order valence-corrected chi connectivity index (χ0v) is 23.7. The summed E-state index contributed by atoms with van der Waals surface area (Å²) in [6.45, 7) is 0. The minimum atomic E-state index is -3.15. The highest BCUT2D eigenvalue weighted by molar-refractivity contribution is 6.25. The lowest BCUT2D eigenvalue weighted by Crippen LogP contribution is -2.83. The number of nitrogens with zero attached hydrogens (tertiary/aromatic N) is 2. The Balaban J connectivity index is 1.85. The minimum absolute atomic E-state index is 0.0251. The van der Waals surface area contributed by atoms with Crippen LogP contribution in [0.25, 0.3) is 16.9 Å². The van der Waals surface area contributed by atoms with Gasteiger partial charge in [-0.3, -0.25) is 19.3 Å². The van der Waals surface area contributed by atoms with Crippen LogP contribution >= 0.6 is 0 Å². The van der Waals surface area contributed by atoms with Crippen LogP contribution in [0.5, 0.6) is 5.75 Å². The third-order valence-corrected chi connectivity index (χ3v) is 8.72. The zero-order chi connectivity index (χ0) is 32.1. The maximum atomic E-state index is 14.3. The van der Waals surface area contributed by atoms with E-state index in [-0.39, 0.29) is 28.7 Å². The summed E-state index contributed by atoms with van der Waals surface area (Å²) < 4.78 is 27.8. The molecule has 0 aliphatic heterocycles. The van der Waals surface area contributed by atoms with E-state index in [4.69, 9.17) is 17.2 Å². The van der Waals surface area contributed by atoms with E-state index in [0.29, 0.717) is 5.69 Å². The molecular formula is C29H31F2N5O7. The first-order chi connectivity index (χ1) is 19.8. The molecule has 43 heavy (non-hydrogen) atoms. The van der Waals surface area contributed by atoms with Crippen molar-refractivity contribution in [2.45, 2.75) is 35.6 Å². The van der Waals surface area contributed by atoms with Crippen LogP contribution < -0.4 is 22.1 Å². The summed E-state index contributed by atoms with van der Waals surface area (Å²) in [7, 11) is 6.11. The second kappa shape index (κ2) is 9.31. The Kier molecular flexibility index (Phi) is 6.52. The van der Waals surface area contributed by atoms with Crippen molar-refractivity contribution in [3.63, 3.8) is 0 Å². The Morgan fingerprint density at radius 1 is 1.02 bits per heavy atom. The molecule has 228 valence electrons. The number of hydrogen-bond donors (Lipinski definition) is 7. The molecule has 10 N–H and O–H groups in total. The van der Waals surface area contributed by atoms with Crippen molar-refractivity contribution < 1.29 is 43.6 Å². The fourth-order valence-corrected chi connectivity index (χ4v) is 6.93. The number of hydrogen-bond acceptors (Lipinski definition) is 11. The zero-order valence-electron chi connectivity index (χ0n) is 23.7. The molecule has 0 spiro atoms. The van der Waals surface area contributed by atoms with Gasteiger partial charge in [0.25, 0.3) is 5.91 Å². The predicted molar refractivity (Wildman–Crippen MR) is 151 cm³/mol. The Bertz CT molecular complexity index is 1720. The molecule has 1 saturated carbocycles. The Morgan fingerprint density at radius 3 is 2.19 bits per heavy atom. The number of anilines is 1. The van der Waals surface area contributed by atoms with Crippen molar-refractivity contribution >= 4 is 28.9 Å². The van der Waals surface area contributed by atoms with Crippen LogP contribution in [0.2, 0.25) is 0 Å². The molecule has 0 heterocycles. The van der Waals surface area contributed by atoms with Crippen LogP contribution in [0.4, 0.5) is 14.5 Å². The van der Waals surface area contributed by atoms with E-state index in [0.717, 1.165) is 12.1 Å². The number of Topliss-reactive ketones (excluding diaryl/α,β-unsaturated/α-hetero) is 2. The quantitative estimate of drug-likeness (QED) is 0.235. The van der Waals surface area contributed by atoms with E-state index in [1.54, 1.807) is 19.0 Å². The summed E-state index contributed by atoms with van der Waals surface area (Å²) in [6.07, 6.45) is -0.826. The number of phenols is 1. The second-order valence-corrected chi connectivity index (χ2v) is 11.8. The number of amides is 1. The van der Waals surface area contributed by atoms with E-state index in [1.807, 2.05) is 0 Å². The maximum Gasteiger partial charge on any atom is 0.255 e. The van der Waals surface area contributed by atoms with Gasteiger partial charge in [-0.25, -0.2) is 8.78 Å². The first kappa shape index (κ1) is 30.1. The van der Waals surface area contributed by atoms with Gasteiger partial charge in [-0.2, -0.15) is 0 Å². The number of ketones is 2. The molecular weight excluding hydrogens is 568 g/mol. The Morgan fingerprint density at radius 2 is 1.65 bits per heavy atom. The van der Waals surface area contributed by atoms with E-state index in [2.05, 4.69) is 0 Å². The molecule has 3 aliphatic carbocycles. The maximum absolute atomic E-state index is 14.3. The van der Waals surface area contributed by atoms with Crippen molar-refractivity contribution in [3.8, 4) is 16.9 Å². The van der Waals surface area contributed by atoms with Gasteiger partial charge in [-0.15, -0.1) is 0 Å². The highest BCUT2D eigenvalue weighted by atomic mass is 19.2. The van der Waals surface area contributed by atoms with Crippen LogP contribution in [-0.2, 0) is 20.8 Å². The summed E-state index contributed by atoms with van der Waals surface area (Å²) in [4.78, 5) is 42.8. The molecule has 0 saturated heterocycles. The number of aromatic hydroxyl groups is 1. The highest BCUT2D eigenvalue weighted by Gasteiger charge is 2.73. The fourth-order valence-electron chi connectivity index (χ4n) is 6.93. The number of nitrogens with two attached hydrogens (primary N) is 3. The molecule has 0 aromatic heterocycles. The molecule has 2 aromatic rings. The van der Waals surface area contributed by atoms with Gasteiger partial charge in [0.05, 0.1) is 28.3 Å². The van der Waals surface area contributed by atoms with Crippen molar-refractivity contribution in [1.29, 1.82) is 0 Å². The van der Waals surface area contributed by atoms with Crippen molar-refractivity contribution in [3.05, 3.63) is 63.9 Å². The number of carbonyl (C=O) groups is 3. The third kappa shape index (κ3) is 3.77. The van der Waals surface area contributed by atoms with Crippen molar-refractivity contribution in [2.75, 3.05) is 33.1 Å². The van der Waals surface area contributed by atoms with E-state index in [9.17, 15) is 43.6 Å². The lowest BCUT2D eigenvalue weighted by Gasteiger charge is -2.59. The molecule has 3 aliphatic rings. The largest absolute Gasteiger partial charge is 0.508 e. The minimum Gasteiger partial charge on any atom is -0.508 e. The molecule has 0 unspecified atom stereocenters. The normalized spacial score (nSPS) is 28.6. The number of fused-ring (bicyclic) bond motifs is 3. The van der Waals surface area contributed by atoms with Gasteiger partial charge < -0.3 is 42.5 Å². The van der Waals surface area contributed by atoms with Crippen molar-refractivity contribution in [1.82, 2.24) is 4.90 Å². The Labute approximate surface area is 244 Å². The number of rotatable bonds is 4. The monoisotopic (exact) mass is 599 g/mol. The van der Waals surface area contributed by atoms with Gasteiger partial charge in [-0.05, 0) is 56.3 Å². The first-order valence-corrected chi connectivity index (χ1v) is 13.1.